The monoisotopic (exact) mass is 1170 g/mol. The summed E-state index contributed by atoms with van der Waals surface area (Å²) in [6.45, 7) is 9.30. The molecule has 0 spiro atoms. The zero-order chi connectivity index (χ0) is 58.7. The van der Waals surface area contributed by atoms with E-state index in [1.807, 2.05) is 0 Å². The van der Waals surface area contributed by atoms with Gasteiger partial charge in [0.1, 0.15) is 19.3 Å². The van der Waals surface area contributed by atoms with Crippen LogP contribution in [0.3, 0.4) is 0 Å². The van der Waals surface area contributed by atoms with Crippen molar-refractivity contribution in [2.75, 3.05) is 39.6 Å². The molecule has 0 aromatic carbocycles. The molecular weight excluding hydrogens is 1050 g/mol. The predicted octanol–water partition coefficient (Wildman–Crippen LogP) is 16.1. The number of aliphatic hydroxyl groups is 1. The van der Waals surface area contributed by atoms with E-state index in [0.29, 0.717) is 31.6 Å². The van der Waals surface area contributed by atoms with Gasteiger partial charge in [-0.25, -0.2) is 9.13 Å². The van der Waals surface area contributed by atoms with Crippen molar-refractivity contribution in [2.24, 2.45) is 11.8 Å². The fraction of sp³-hybridized carbons (Fsp3) is 0.933. The minimum absolute atomic E-state index is 0.102. The number of aliphatic hydroxyl groups excluding tert-OH is 1. The SMILES string of the molecule is CCCCCCCCCCCCC(=O)OC[C@H](COP(=O)(O)OC[C@@H](O)COP(=O)(O)OC[C@@H](COC(=O)CCCCCCCCCCC)OC(=O)CCCCCCCCC(C)C)OC(=O)CCCCCCCCCCC(C)C. The van der Waals surface area contributed by atoms with Gasteiger partial charge in [-0.3, -0.25) is 37.3 Å². The van der Waals surface area contributed by atoms with Crippen LogP contribution in [0.15, 0.2) is 0 Å². The Bertz CT molecular complexity index is 1560. The second-order valence-corrected chi connectivity index (χ2v) is 25.6. The third-order valence-corrected chi connectivity index (χ3v) is 15.6. The van der Waals surface area contributed by atoms with Gasteiger partial charge in [-0.1, -0.05) is 241 Å². The highest BCUT2D eigenvalue weighted by atomic mass is 31.2. The number of phosphoric ester groups is 2. The Labute approximate surface area is 479 Å². The first kappa shape index (κ1) is 77.1. The predicted molar refractivity (Wildman–Crippen MR) is 312 cm³/mol. The van der Waals surface area contributed by atoms with Crippen LogP contribution in [-0.4, -0.2) is 96.7 Å². The quantitative estimate of drug-likeness (QED) is 0.0222. The Morgan fingerprint density at radius 3 is 0.861 bits per heavy atom. The molecule has 468 valence electrons. The number of carbonyl (C=O) groups is 4. The third-order valence-electron chi connectivity index (χ3n) is 13.7. The van der Waals surface area contributed by atoms with Crippen LogP contribution >= 0.6 is 15.6 Å². The van der Waals surface area contributed by atoms with Gasteiger partial charge < -0.3 is 33.8 Å². The van der Waals surface area contributed by atoms with Crippen molar-refractivity contribution < 1.29 is 80.2 Å². The molecule has 5 atom stereocenters. The maximum Gasteiger partial charge on any atom is 0.472 e. The lowest BCUT2D eigenvalue weighted by molar-refractivity contribution is -0.161. The number of hydrogen-bond donors (Lipinski definition) is 3. The number of carbonyl (C=O) groups excluding carboxylic acids is 4. The van der Waals surface area contributed by atoms with Crippen molar-refractivity contribution in [3.8, 4) is 0 Å². The summed E-state index contributed by atoms with van der Waals surface area (Å²) in [7, 11) is -9.87. The Balaban J connectivity index is 5.23. The molecule has 0 saturated carbocycles. The van der Waals surface area contributed by atoms with Crippen LogP contribution in [0.1, 0.15) is 292 Å². The highest BCUT2D eigenvalue weighted by Crippen LogP contribution is 2.45. The molecule has 19 heteroatoms. The van der Waals surface area contributed by atoms with Crippen molar-refractivity contribution in [2.45, 2.75) is 310 Å². The summed E-state index contributed by atoms with van der Waals surface area (Å²) in [5.41, 5.74) is 0. The average molecular weight is 1170 g/mol. The molecule has 0 radical (unpaired) electrons. The fourth-order valence-corrected chi connectivity index (χ4v) is 10.4. The minimum atomic E-state index is -4.94. The van der Waals surface area contributed by atoms with Crippen LogP contribution in [-0.2, 0) is 65.4 Å². The molecule has 0 saturated heterocycles. The molecular formula is C60H116O17P2. The molecule has 0 amide bonds. The van der Waals surface area contributed by atoms with Crippen LogP contribution in [0.4, 0.5) is 0 Å². The molecule has 0 aliphatic heterocycles. The summed E-state index contributed by atoms with van der Waals surface area (Å²) >= 11 is 0. The average Bonchev–Trinajstić information content (AvgIpc) is 3.40. The van der Waals surface area contributed by atoms with Gasteiger partial charge in [0.25, 0.3) is 0 Å². The van der Waals surface area contributed by atoms with Gasteiger partial charge in [-0.15, -0.1) is 0 Å². The number of phosphoric acid groups is 2. The standard InChI is InChI=1S/C60H116O17P2/c1-7-9-11-13-15-17-19-24-31-37-43-58(63)71-48-55(76-59(64)44-38-32-25-21-20-22-28-34-40-52(3)4)50-74-78(66,67)72-46-54(61)47-73-79(68,69)75-51-56(77-60(65)45-39-33-27-26-29-35-41-53(5)6)49-70-57(62)42-36-30-23-18-16-14-12-10-8-2/h52-56,61H,7-51H2,1-6H3,(H,66,67)(H,68,69)/t54-,55-,56-/m1/s1. The first-order valence-corrected chi connectivity index (χ1v) is 34.5. The van der Waals surface area contributed by atoms with Gasteiger partial charge in [-0.2, -0.15) is 0 Å². The highest BCUT2D eigenvalue weighted by molar-refractivity contribution is 7.47. The van der Waals surface area contributed by atoms with Gasteiger partial charge in [0.2, 0.25) is 0 Å². The topological polar surface area (TPSA) is 237 Å². The molecule has 0 aromatic rings. The summed E-state index contributed by atoms with van der Waals surface area (Å²) in [4.78, 5) is 71.9. The first-order valence-electron chi connectivity index (χ1n) is 31.5. The number of esters is 4. The summed E-state index contributed by atoms with van der Waals surface area (Å²) in [6.07, 6.45) is 33.6. The zero-order valence-electron chi connectivity index (χ0n) is 50.7. The van der Waals surface area contributed by atoms with Gasteiger partial charge in [0.15, 0.2) is 12.2 Å². The van der Waals surface area contributed by atoms with Gasteiger partial charge in [-0.05, 0) is 37.5 Å². The molecule has 0 rings (SSSR count). The second-order valence-electron chi connectivity index (χ2n) is 22.7. The Kier molecular flexibility index (Phi) is 51.5. The summed E-state index contributed by atoms with van der Waals surface area (Å²) in [5.74, 6) is -0.758. The van der Waals surface area contributed by atoms with Crippen molar-refractivity contribution in [3.05, 3.63) is 0 Å². The van der Waals surface area contributed by atoms with Crippen LogP contribution in [0.2, 0.25) is 0 Å². The van der Waals surface area contributed by atoms with E-state index in [-0.39, 0.29) is 25.7 Å². The van der Waals surface area contributed by atoms with Crippen molar-refractivity contribution in [1.82, 2.24) is 0 Å². The molecule has 79 heavy (non-hydrogen) atoms. The molecule has 0 aromatic heterocycles. The Morgan fingerprint density at radius 1 is 0.342 bits per heavy atom. The second kappa shape index (κ2) is 52.8. The Hall–Kier alpha value is -1.94. The maximum absolute atomic E-state index is 12.9. The molecule has 0 aliphatic rings. The molecule has 3 N–H and O–H groups in total. The van der Waals surface area contributed by atoms with Gasteiger partial charge >= 0.3 is 39.5 Å². The van der Waals surface area contributed by atoms with E-state index in [2.05, 4.69) is 41.5 Å². The van der Waals surface area contributed by atoms with E-state index in [1.165, 1.54) is 109 Å². The molecule has 0 heterocycles. The summed E-state index contributed by atoms with van der Waals surface area (Å²) < 4.78 is 67.7. The van der Waals surface area contributed by atoms with E-state index < -0.39 is 97.5 Å². The number of rotatable bonds is 59. The van der Waals surface area contributed by atoms with E-state index >= 15 is 0 Å². The molecule has 0 aliphatic carbocycles. The lowest BCUT2D eigenvalue weighted by Gasteiger charge is -2.21. The van der Waals surface area contributed by atoms with Crippen LogP contribution in [0, 0.1) is 11.8 Å². The smallest absolute Gasteiger partial charge is 0.462 e. The maximum atomic E-state index is 12.9. The van der Waals surface area contributed by atoms with E-state index in [0.717, 1.165) is 95.8 Å². The van der Waals surface area contributed by atoms with E-state index in [1.54, 1.807) is 0 Å². The van der Waals surface area contributed by atoms with Crippen molar-refractivity contribution in [1.29, 1.82) is 0 Å². The van der Waals surface area contributed by atoms with Crippen LogP contribution < -0.4 is 0 Å². The van der Waals surface area contributed by atoms with Gasteiger partial charge in [0.05, 0.1) is 26.4 Å². The fourth-order valence-electron chi connectivity index (χ4n) is 8.82. The van der Waals surface area contributed by atoms with Crippen LogP contribution in [0.25, 0.3) is 0 Å². The molecule has 0 fully saturated rings. The largest absolute Gasteiger partial charge is 0.472 e. The highest BCUT2D eigenvalue weighted by Gasteiger charge is 2.30. The normalized spacial score (nSPS) is 14.4. The molecule has 2 unspecified atom stereocenters. The third kappa shape index (κ3) is 55.0. The number of ether oxygens (including phenoxy) is 4. The van der Waals surface area contributed by atoms with E-state index in [9.17, 15) is 43.2 Å². The minimum Gasteiger partial charge on any atom is -0.462 e. The number of hydrogen-bond acceptors (Lipinski definition) is 15. The lowest BCUT2D eigenvalue weighted by Crippen LogP contribution is -2.30. The van der Waals surface area contributed by atoms with Crippen LogP contribution in [0.5, 0.6) is 0 Å². The first-order chi connectivity index (χ1) is 37.9. The van der Waals surface area contributed by atoms with E-state index in [4.69, 9.17) is 37.0 Å². The Morgan fingerprint density at radius 2 is 0.582 bits per heavy atom. The van der Waals surface area contributed by atoms with Crippen molar-refractivity contribution in [3.63, 3.8) is 0 Å². The summed E-state index contributed by atoms with van der Waals surface area (Å²) in [6, 6.07) is 0. The van der Waals surface area contributed by atoms with Gasteiger partial charge in [0, 0.05) is 25.7 Å². The van der Waals surface area contributed by atoms with Crippen molar-refractivity contribution >= 4 is 39.5 Å². The molecule has 0 bridgehead atoms. The molecule has 17 nitrogen and oxygen atoms in total. The lowest BCUT2D eigenvalue weighted by atomic mass is 10.0. The zero-order valence-corrected chi connectivity index (χ0v) is 52.4. The number of unbranched alkanes of at least 4 members (excludes halogenated alkanes) is 29. The summed E-state index contributed by atoms with van der Waals surface area (Å²) in [5, 5.41) is 10.5.